The van der Waals surface area contributed by atoms with E-state index in [2.05, 4.69) is 36.2 Å². The molecule has 0 saturated carbocycles. The van der Waals surface area contributed by atoms with Gasteiger partial charge in [-0.3, -0.25) is 9.78 Å². The predicted octanol–water partition coefficient (Wildman–Crippen LogP) is 5.95. The molecule has 1 amide bonds. The number of nitrogens with one attached hydrogen (secondary N) is 4. The monoisotopic (exact) mass is 791 g/mol. The minimum absolute atomic E-state index is 0.0509. The number of carboxylic acids is 3. The number of anilines is 5. The number of carboxylic acid groups (broad SMARTS) is 3. The van der Waals surface area contributed by atoms with E-state index >= 15 is 0 Å². The zero-order chi connectivity index (χ0) is 40.1. The van der Waals surface area contributed by atoms with E-state index in [0.717, 1.165) is 60.5 Å². The quantitative estimate of drug-likeness (QED) is 0.153. The van der Waals surface area contributed by atoms with Crippen LogP contribution in [0, 0.1) is 5.92 Å². The van der Waals surface area contributed by atoms with Gasteiger partial charge in [0.1, 0.15) is 5.02 Å². The van der Waals surface area contributed by atoms with Crippen molar-refractivity contribution in [3.8, 4) is 0 Å². The lowest BCUT2D eigenvalue weighted by atomic mass is 10.0. The fourth-order valence-electron chi connectivity index (χ4n) is 4.10. The molecule has 3 aromatic rings. The first kappa shape index (κ1) is 43.7. The third-order valence-electron chi connectivity index (χ3n) is 6.48. The molecule has 14 nitrogen and oxygen atoms in total. The fraction of sp³-hybridized carbons (Fsp3) is 0.345. The molecule has 1 aromatic carbocycles. The molecule has 24 heteroatoms. The third-order valence-corrected chi connectivity index (χ3v) is 6.76. The Morgan fingerprint density at radius 3 is 1.92 bits per heavy atom. The van der Waals surface area contributed by atoms with Crippen LogP contribution in [0.1, 0.15) is 24.0 Å². The number of aliphatic carboxylic acids is 3. The highest BCUT2D eigenvalue weighted by Gasteiger charge is 2.39. The van der Waals surface area contributed by atoms with Gasteiger partial charge in [0.25, 0.3) is 0 Å². The average Bonchev–Trinajstić information content (AvgIpc) is 3.55. The molecule has 2 aromatic heterocycles. The van der Waals surface area contributed by atoms with Crippen molar-refractivity contribution >= 4 is 64.2 Å². The summed E-state index contributed by atoms with van der Waals surface area (Å²) in [5.74, 6) is -6.89. The molecule has 2 aliphatic rings. The highest BCUT2D eigenvalue weighted by atomic mass is 35.5. The lowest BCUT2D eigenvalue weighted by Crippen LogP contribution is -2.21. The number of rotatable bonds is 3. The van der Waals surface area contributed by atoms with E-state index in [1.165, 1.54) is 0 Å². The second-order valence-electron chi connectivity index (χ2n) is 10.6. The minimum atomic E-state index is -5.08. The summed E-state index contributed by atoms with van der Waals surface area (Å²) in [6.07, 6.45) is -7.00. The van der Waals surface area contributed by atoms with E-state index in [9.17, 15) is 44.3 Å². The van der Waals surface area contributed by atoms with Gasteiger partial charge in [-0.05, 0) is 73.7 Å². The molecule has 0 unspecified atom stereocenters. The van der Waals surface area contributed by atoms with Crippen LogP contribution >= 0.6 is 11.6 Å². The Morgan fingerprint density at radius 2 is 1.40 bits per heavy atom. The van der Waals surface area contributed by atoms with Crippen LogP contribution in [-0.2, 0) is 32.0 Å². The van der Waals surface area contributed by atoms with Crippen LogP contribution in [-0.4, -0.2) is 85.7 Å². The molecule has 1 saturated heterocycles. The molecule has 5 rings (SSSR count). The van der Waals surface area contributed by atoms with Gasteiger partial charge in [0, 0.05) is 24.0 Å². The average molecular weight is 792 g/mol. The second kappa shape index (κ2) is 18.9. The summed E-state index contributed by atoms with van der Waals surface area (Å²) in [5, 5.41) is 34.7. The first-order chi connectivity index (χ1) is 24.4. The van der Waals surface area contributed by atoms with Gasteiger partial charge >= 0.3 is 36.4 Å². The number of pyridine rings is 1. The minimum Gasteiger partial charge on any atom is -0.475 e. The first-order valence-electron chi connectivity index (χ1n) is 14.5. The molecule has 0 radical (unpaired) electrons. The summed E-state index contributed by atoms with van der Waals surface area (Å²) in [4.78, 5) is 52.4. The largest absolute Gasteiger partial charge is 0.490 e. The van der Waals surface area contributed by atoms with Crippen molar-refractivity contribution in [1.82, 2.24) is 20.3 Å². The molecule has 4 heterocycles. The summed E-state index contributed by atoms with van der Waals surface area (Å²) in [6.45, 7) is 1.89. The van der Waals surface area contributed by atoms with Gasteiger partial charge in [0.05, 0.1) is 18.1 Å². The van der Waals surface area contributed by atoms with Crippen molar-refractivity contribution in [2.75, 3.05) is 29.0 Å². The number of alkyl halides is 9. The summed E-state index contributed by atoms with van der Waals surface area (Å²) >= 11 is 6.32. The number of hydrogen-bond acceptors (Lipinski definition) is 10. The van der Waals surface area contributed by atoms with E-state index in [0.29, 0.717) is 29.1 Å². The number of hydrogen-bond donors (Lipinski definition) is 7. The molecule has 7 N–H and O–H groups in total. The third kappa shape index (κ3) is 15.8. The number of aromatic nitrogens is 3. The normalized spacial score (nSPS) is 14.9. The molecule has 6 bridgehead atoms. The number of carbonyl (C=O) groups is 4. The van der Waals surface area contributed by atoms with Crippen LogP contribution in [0.5, 0.6) is 0 Å². The summed E-state index contributed by atoms with van der Waals surface area (Å²) in [6, 6.07) is 7.92. The Hall–Kier alpha value is -5.45. The van der Waals surface area contributed by atoms with Crippen molar-refractivity contribution in [2.45, 2.75) is 44.2 Å². The van der Waals surface area contributed by atoms with E-state index < -0.39 is 36.4 Å². The molecule has 290 valence electrons. The van der Waals surface area contributed by atoms with E-state index in [1.807, 2.05) is 30.5 Å². The Labute approximate surface area is 296 Å². The molecule has 1 atom stereocenters. The van der Waals surface area contributed by atoms with Crippen LogP contribution in [0.15, 0.2) is 42.9 Å². The van der Waals surface area contributed by atoms with Gasteiger partial charge in [0.2, 0.25) is 11.9 Å². The van der Waals surface area contributed by atoms with E-state index in [4.69, 9.17) is 41.3 Å². The van der Waals surface area contributed by atoms with Crippen molar-refractivity contribution < 1.29 is 74.0 Å². The lowest BCUT2D eigenvalue weighted by Gasteiger charge is -2.15. The fourth-order valence-corrected chi connectivity index (χ4v) is 4.24. The number of halogens is 10. The number of carbonyl (C=O) groups excluding carboxylic acids is 1. The molecule has 2 aliphatic heterocycles. The maximum atomic E-state index is 12.7. The number of amides is 1. The van der Waals surface area contributed by atoms with Crippen molar-refractivity contribution in [1.29, 1.82) is 0 Å². The Kier molecular flexibility index (Phi) is 15.6. The second-order valence-corrected chi connectivity index (χ2v) is 11.0. The molecule has 53 heavy (non-hydrogen) atoms. The summed E-state index contributed by atoms with van der Waals surface area (Å²) < 4.78 is 95.2. The molecule has 1 fully saturated rings. The SMILES string of the molecule is O=C(C[C@H]1CCNC1)Nc1ccc2cc1CCc1cncc(c1)Nc1ncc(Cl)c(n1)N2.O=C(O)C(F)(F)F.O=C(O)C(F)(F)F.O=C(O)C(F)(F)F. The van der Waals surface area contributed by atoms with Crippen LogP contribution in [0.2, 0.25) is 5.02 Å². The van der Waals surface area contributed by atoms with Crippen LogP contribution < -0.4 is 21.3 Å². The van der Waals surface area contributed by atoms with Crippen molar-refractivity contribution in [3.05, 3.63) is 59.0 Å². The Morgan fingerprint density at radius 1 is 0.811 bits per heavy atom. The van der Waals surface area contributed by atoms with Gasteiger partial charge in [-0.1, -0.05) is 11.6 Å². The maximum absolute atomic E-state index is 12.7. The Balaban J connectivity index is 0.000000379. The van der Waals surface area contributed by atoms with Crippen molar-refractivity contribution in [3.63, 3.8) is 0 Å². The van der Waals surface area contributed by atoms with Crippen LogP contribution in [0.4, 0.5) is 68.3 Å². The molecule has 0 aliphatic carbocycles. The topological polar surface area (TPSA) is 216 Å². The van der Waals surface area contributed by atoms with Gasteiger partial charge in [-0.15, -0.1) is 0 Å². The highest BCUT2D eigenvalue weighted by Crippen LogP contribution is 2.29. The Bertz CT molecular complexity index is 1700. The summed E-state index contributed by atoms with van der Waals surface area (Å²) in [7, 11) is 0. The van der Waals surface area contributed by atoms with Gasteiger partial charge in [-0.25, -0.2) is 19.4 Å². The van der Waals surface area contributed by atoms with Crippen molar-refractivity contribution in [2.24, 2.45) is 5.92 Å². The first-order valence-corrected chi connectivity index (χ1v) is 14.9. The van der Waals surface area contributed by atoms with Crippen LogP contribution in [0.25, 0.3) is 0 Å². The van der Waals surface area contributed by atoms with Gasteiger partial charge < -0.3 is 36.6 Å². The number of nitrogens with zero attached hydrogens (tertiary/aromatic N) is 3. The number of benzene rings is 1. The standard InChI is InChI=1S/C23H24ClN7O.3C2HF3O2/c24-19-13-27-23-29-18-7-14(11-26-12-18)1-2-16-9-17(28-22(19)31-23)3-4-20(16)30-21(32)8-15-5-6-25-10-15;3*3-2(4,5)1(6)7/h3-4,7,9,11-13,15,25H,1-2,5-6,8,10H2,(H,30,32)(H2,27,28,29,31);3*(H,6,7)/t15-;;;/m1.../s1. The number of aryl methyl sites for hydroxylation is 2. The van der Waals surface area contributed by atoms with Gasteiger partial charge in [0.15, 0.2) is 5.82 Å². The smallest absolute Gasteiger partial charge is 0.475 e. The zero-order valence-electron chi connectivity index (χ0n) is 26.5. The van der Waals surface area contributed by atoms with E-state index in [-0.39, 0.29) is 5.91 Å². The zero-order valence-corrected chi connectivity index (χ0v) is 27.2. The number of fused-ring (bicyclic) bond motifs is 6. The predicted molar refractivity (Wildman–Crippen MR) is 167 cm³/mol. The molecular weight excluding hydrogens is 765 g/mol. The van der Waals surface area contributed by atoms with Gasteiger partial charge in [-0.2, -0.15) is 44.5 Å². The molecule has 0 spiro atoms. The molecular formula is C29H27ClF9N7O7. The van der Waals surface area contributed by atoms with Crippen LogP contribution in [0.3, 0.4) is 0 Å². The highest BCUT2D eigenvalue weighted by molar-refractivity contribution is 6.32. The lowest BCUT2D eigenvalue weighted by molar-refractivity contribution is -0.193. The summed E-state index contributed by atoms with van der Waals surface area (Å²) in [5.41, 5.74) is 4.60. The van der Waals surface area contributed by atoms with E-state index in [1.54, 1.807) is 12.4 Å². The maximum Gasteiger partial charge on any atom is 0.490 e.